The maximum Gasteiger partial charge on any atom is 0.269 e. The van der Waals surface area contributed by atoms with Gasteiger partial charge in [-0.2, -0.15) is 0 Å². The van der Waals surface area contributed by atoms with E-state index in [1.165, 1.54) is 24.8 Å². The fraction of sp³-hybridized carbons (Fsp3) is 0.286. The minimum atomic E-state index is -0.485. The van der Waals surface area contributed by atoms with E-state index in [0.29, 0.717) is 17.0 Å². The Morgan fingerprint density at radius 2 is 1.71 bits per heavy atom. The smallest absolute Gasteiger partial charge is 0.269 e. The largest absolute Gasteiger partial charge is 0.465 e. The van der Waals surface area contributed by atoms with Gasteiger partial charge in [0, 0.05) is 23.2 Å². The minimum absolute atomic E-state index is 0.0347. The number of hydrogen-bond donors (Lipinski definition) is 3. The average molecular weight is 381 g/mol. The number of anilines is 1. The number of nitrogens with one attached hydrogen (secondary N) is 3. The summed E-state index contributed by atoms with van der Waals surface area (Å²) in [5.41, 5.74) is 5.65. The normalized spacial score (nSPS) is 14.6. The predicted octanol–water partition coefficient (Wildman–Crippen LogP) is 3.27. The summed E-state index contributed by atoms with van der Waals surface area (Å²) in [6.45, 7) is 0. The fourth-order valence-electron chi connectivity index (χ4n) is 3.09. The monoisotopic (exact) mass is 381 g/mol. The third kappa shape index (κ3) is 5.57. The molecule has 3 rings (SSSR count). The Bertz CT molecular complexity index is 835. The molecule has 1 aromatic heterocycles. The van der Waals surface area contributed by atoms with Crippen LogP contribution in [0.4, 0.5) is 5.69 Å². The number of carbonyl (C=O) groups is 3. The lowest BCUT2D eigenvalue weighted by molar-refractivity contribution is -0.120. The lowest BCUT2D eigenvalue weighted by Crippen LogP contribution is -2.40. The van der Waals surface area contributed by atoms with E-state index in [1.807, 2.05) is 0 Å². The van der Waals surface area contributed by atoms with Gasteiger partial charge in [-0.1, -0.05) is 19.3 Å². The highest BCUT2D eigenvalue weighted by Crippen LogP contribution is 2.25. The first-order valence-electron chi connectivity index (χ1n) is 9.34. The molecule has 0 atom stereocenters. The van der Waals surface area contributed by atoms with Crippen LogP contribution in [-0.4, -0.2) is 17.7 Å². The molecule has 7 nitrogen and oxygen atoms in total. The number of carbonyl (C=O) groups excluding carboxylic acids is 3. The lowest BCUT2D eigenvalue weighted by atomic mass is 9.88. The highest BCUT2D eigenvalue weighted by atomic mass is 16.3. The molecule has 3 N–H and O–H groups in total. The van der Waals surface area contributed by atoms with E-state index in [-0.39, 0.29) is 11.8 Å². The van der Waals surface area contributed by atoms with E-state index in [2.05, 4.69) is 16.2 Å². The van der Waals surface area contributed by atoms with Crippen molar-refractivity contribution < 1.29 is 18.8 Å². The van der Waals surface area contributed by atoms with E-state index in [4.69, 9.17) is 4.42 Å². The molecule has 2 aromatic rings. The van der Waals surface area contributed by atoms with Gasteiger partial charge in [-0.3, -0.25) is 25.2 Å². The second-order valence-electron chi connectivity index (χ2n) is 6.69. The van der Waals surface area contributed by atoms with E-state index in [9.17, 15) is 14.4 Å². The van der Waals surface area contributed by atoms with E-state index in [0.717, 1.165) is 25.7 Å². The quantitative estimate of drug-likeness (QED) is 0.547. The molecule has 1 saturated carbocycles. The van der Waals surface area contributed by atoms with Gasteiger partial charge in [0.15, 0.2) is 0 Å². The van der Waals surface area contributed by atoms with E-state index >= 15 is 0 Å². The molecule has 0 spiro atoms. The average Bonchev–Trinajstić information content (AvgIpc) is 3.25. The molecular weight excluding hydrogens is 358 g/mol. The predicted molar refractivity (Wildman–Crippen MR) is 105 cm³/mol. The molecule has 1 fully saturated rings. The summed E-state index contributed by atoms with van der Waals surface area (Å²) >= 11 is 0. The van der Waals surface area contributed by atoms with Crippen molar-refractivity contribution in [1.82, 2.24) is 10.9 Å². The van der Waals surface area contributed by atoms with Gasteiger partial charge in [-0.25, -0.2) is 0 Å². The first-order chi connectivity index (χ1) is 13.6. The van der Waals surface area contributed by atoms with Crippen LogP contribution < -0.4 is 16.2 Å². The Hall–Kier alpha value is -3.35. The summed E-state index contributed by atoms with van der Waals surface area (Å²) in [4.78, 5) is 36.1. The Balaban J connectivity index is 1.46. The molecule has 146 valence electrons. The third-order valence-electron chi connectivity index (χ3n) is 4.63. The number of benzene rings is 1. The van der Waals surface area contributed by atoms with Gasteiger partial charge >= 0.3 is 0 Å². The second kappa shape index (κ2) is 9.55. The number of amides is 3. The van der Waals surface area contributed by atoms with Crippen molar-refractivity contribution in [3.05, 3.63) is 60.1 Å². The number of furan rings is 1. The molecule has 0 bridgehead atoms. The molecule has 1 aromatic carbocycles. The molecule has 1 heterocycles. The summed E-state index contributed by atoms with van der Waals surface area (Å²) in [7, 11) is 0. The first kappa shape index (κ1) is 19.4. The van der Waals surface area contributed by atoms with Crippen LogP contribution in [0.1, 0.15) is 48.2 Å². The highest BCUT2D eigenvalue weighted by Gasteiger charge is 2.21. The maximum atomic E-state index is 12.3. The zero-order chi connectivity index (χ0) is 19.8. The third-order valence-corrected chi connectivity index (χ3v) is 4.63. The van der Waals surface area contributed by atoms with Gasteiger partial charge in [-0.05, 0) is 55.3 Å². The van der Waals surface area contributed by atoms with Crippen molar-refractivity contribution in [1.29, 1.82) is 0 Å². The second-order valence-corrected chi connectivity index (χ2v) is 6.69. The van der Waals surface area contributed by atoms with Gasteiger partial charge in [0.25, 0.3) is 11.8 Å². The van der Waals surface area contributed by atoms with Crippen LogP contribution in [0.3, 0.4) is 0 Å². The number of hydrazine groups is 1. The summed E-state index contributed by atoms with van der Waals surface area (Å²) < 4.78 is 5.07. The van der Waals surface area contributed by atoms with Crippen LogP contribution in [0.25, 0.3) is 6.08 Å². The zero-order valence-corrected chi connectivity index (χ0v) is 15.4. The molecule has 0 unspecified atom stereocenters. The summed E-state index contributed by atoms with van der Waals surface area (Å²) in [6, 6.07) is 9.95. The van der Waals surface area contributed by atoms with Crippen LogP contribution >= 0.6 is 0 Å². The molecule has 0 aliphatic heterocycles. The molecule has 0 radical (unpaired) electrons. The summed E-state index contributed by atoms with van der Waals surface area (Å²) in [6.07, 6.45) is 9.50. The van der Waals surface area contributed by atoms with Crippen LogP contribution in [0, 0.1) is 5.92 Å². The van der Waals surface area contributed by atoms with Crippen LogP contribution in [0.5, 0.6) is 0 Å². The molecule has 1 aliphatic carbocycles. The number of rotatable bonds is 5. The van der Waals surface area contributed by atoms with Gasteiger partial charge < -0.3 is 9.73 Å². The Kier molecular flexibility index (Phi) is 6.62. The topological polar surface area (TPSA) is 100 Å². The van der Waals surface area contributed by atoms with Crippen LogP contribution in [0.15, 0.2) is 53.2 Å². The van der Waals surface area contributed by atoms with Gasteiger partial charge in [0.05, 0.1) is 6.26 Å². The lowest BCUT2D eigenvalue weighted by Gasteiger charge is -2.20. The molecule has 7 heteroatoms. The van der Waals surface area contributed by atoms with Crippen LogP contribution in [0.2, 0.25) is 0 Å². The van der Waals surface area contributed by atoms with Crippen molar-refractivity contribution in [3.8, 4) is 0 Å². The molecule has 3 amide bonds. The Morgan fingerprint density at radius 3 is 2.39 bits per heavy atom. The van der Waals surface area contributed by atoms with Gasteiger partial charge in [-0.15, -0.1) is 0 Å². The van der Waals surface area contributed by atoms with Crippen LogP contribution in [-0.2, 0) is 9.59 Å². The van der Waals surface area contributed by atoms with Crippen molar-refractivity contribution in [3.63, 3.8) is 0 Å². The molecule has 28 heavy (non-hydrogen) atoms. The molecule has 0 saturated heterocycles. The molecular formula is C21H23N3O4. The van der Waals surface area contributed by atoms with Crippen molar-refractivity contribution in [2.24, 2.45) is 5.92 Å². The van der Waals surface area contributed by atoms with Crippen molar-refractivity contribution >= 4 is 29.5 Å². The Morgan fingerprint density at radius 1 is 0.964 bits per heavy atom. The Labute approximate surface area is 163 Å². The van der Waals surface area contributed by atoms with Gasteiger partial charge in [0.1, 0.15) is 5.76 Å². The summed E-state index contributed by atoms with van der Waals surface area (Å²) in [5, 5.41) is 2.90. The minimum Gasteiger partial charge on any atom is -0.465 e. The highest BCUT2D eigenvalue weighted by molar-refractivity contribution is 5.98. The standard InChI is InChI=1S/C21H23N3O4/c25-19(13-12-18-7-4-14-28-18)23-24-21(27)16-8-10-17(11-9-16)22-20(26)15-5-2-1-3-6-15/h4,7-15H,1-3,5-6H2,(H,22,26)(H,23,25)(H,24,27)/b13-12+. The fourth-order valence-corrected chi connectivity index (χ4v) is 3.09. The first-order valence-corrected chi connectivity index (χ1v) is 9.34. The molecule has 1 aliphatic rings. The van der Waals surface area contributed by atoms with E-state index in [1.54, 1.807) is 36.4 Å². The van der Waals surface area contributed by atoms with Gasteiger partial charge in [0.2, 0.25) is 5.91 Å². The summed E-state index contributed by atoms with van der Waals surface area (Å²) in [5.74, 6) is -0.299. The van der Waals surface area contributed by atoms with Crippen molar-refractivity contribution in [2.75, 3.05) is 5.32 Å². The van der Waals surface area contributed by atoms with E-state index < -0.39 is 11.8 Å². The number of hydrogen-bond acceptors (Lipinski definition) is 4. The zero-order valence-electron chi connectivity index (χ0n) is 15.4. The van der Waals surface area contributed by atoms with Crippen molar-refractivity contribution in [2.45, 2.75) is 32.1 Å². The SMILES string of the molecule is O=C(/C=C/c1ccco1)NNC(=O)c1ccc(NC(=O)C2CCCCC2)cc1. The maximum absolute atomic E-state index is 12.3.